The number of ether oxygens (including phenoxy) is 1. The molecule has 138 valence electrons. The van der Waals surface area contributed by atoms with Crippen LogP contribution in [0.5, 0.6) is 0 Å². The lowest BCUT2D eigenvalue weighted by atomic mass is 9.93. The van der Waals surface area contributed by atoms with Gasteiger partial charge in [-0.1, -0.05) is 24.3 Å². The molecular weight excluding hydrogens is 318 g/mol. The molecular formula is C19H29N3O3. The molecule has 0 aliphatic carbocycles. The number of piperidine rings is 1. The number of nitrogens with one attached hydrogen (secondary N) is 2. The summed E-state index contributed by atoms with van der Waals surface area (Å²) < 4.78 is 4.95. The number of benzene rings is 1. The van der Waals surface area contributed by atoms with Gasteiger partial charge in [-0.15, -0.1) is 0 Å². The van der Waals surface area contributed by atoms with Crippen LogP contribution in [0.3, 0.4) is 0 Å². The number of nitrogens with zero attached hydrogens (tertiary/aromatic N) is 1. The molecule has 0 unspecified atom stereocenters. The number of methoxy groups -OCH3 is 1. The largest absolute Gasteiger partial charge is 0.383 e. The smallest absolute Gasteiger partial charge is 0.317 e. The molecule has 1 heterocycles. The fourth-order valence-electron chi connectivity index (χ4n) is 3.11. The van der Waals surface area contributed by atoms with Crippen LogP contribution in [0.2, 0.25) is 0 Å². The molecule has 2 N–H and O–H groups in total. The number of likely N-dealkylation sites (tertiary alicyclic amines) is 1. The second kappa shape index (κ2) is 9.42. The highest BCUT2D eigenvalue weighted by molar-refractivity contribution is 5.81. The van der Waals surface area contributed by atoms with Crippen molar-refractivity contribution < 1.29 is 14.3 Å². The molecule has 2 rings (SSSR count). The van der Waals surface area contributed by atoms with Gasteiger partial charge >= 0.3 is 6.03 Å². The molecule has 1 aliphatic heterocycles. The molecule has 1 aliphatic rings. The highest BCUT2D eigenvalue weighted by atomic mass is 16.5. The molecule has 0 saturated carbocycles. The molecule has 0 radical (unpaired) electrons. The summed E-state index contributed by atoms with van der Waals surface area (Å²) in [6.45, 7) is 6.02. The van der Waals surface area contributed by atoms with E-state index in [9.17, 15) is 9.59 Å². The minimum absolute atomic E-state index is 0.000605. The minimum atomic E-state index is -0.155. The molecule has 1 fully saturated rings. The molecule has 1 aromatic rings. The van der Waals surface area contributed by atoms with E-state index in [1.165, 1.54) is 0 Å². The van der Waals surface area contributed by atoms with E-state index in [0.717, 1.165) is 24.0 Å². The Balaban J connectivity index is 1.89. The third-order valence-corrected chi connectivity index (χ3v) is 4.81. The van der Waals surface area contributed by atoms with Crippen molar-refractivity contribution in [2.75, 3.05) is 26.8 Å². The van der Waals surface area contributed by atoms with Crippen molar-refractivity contribution in [1.29, 1.82) is 0 Å². The number of urea groups is 1. The van der Waals surface area contributed by atoms with Gasteiger partial charge in [-0.05, 0) is 37.8 Å². The average molecular weight is 347 g/mol. The Labute approximate surface area is 149 Å². The zero-order chi connectivity index (χ0) is 18.2. The number of aryl methyl sites for hydroxylation is 1. The van der Waals surface area contributed by atoms with Gasteiger partial charge in [0, 0.05) is 32.8 Å². The van der Waals surface area contributed by atoms with Crippen LogP contribution in [0.15, 0.2) is 24.3 Å². The number of hydrogen-bond acceptors (Lipinski definition) is 3. The summed E-state index contributed by atoms with van der Waals surface area (Å²) >= 11 is 0. The summed E-state index contributed by atoms with van der Waals surface area (Å²) in [4.78, 5) is 26.6. The third-order valence-electron chi connectivity index (χ3n) is 4.81. The highest BCUT2D eigenvalue weighted by Gasteiger charge is 2.32. The first-order valence-electron chi connectivity index (χ1n) is 8.88. The maximum atomic E-state index is 12.6. The third kappa shape index (κ3) is 5.46. The fraction of sp³-hybridized carbons (Fsp3) is 0.579. The van der Waals surface area contributed by atoms with Crippen molar-refractivity contribution >= 4 is 11.9 Å². The lowest BCUT2D eigenvalue weighted by Crippen LogP contribution is -2.52. The SMILES string of the molecule is COCCNC(=O)[C@@H]1CC[C@@H](C)N(C(=O)NCc2ccccc2C)C1. The quantitative estimate of drug-likeness (QED) is 0.774. The molecule has 6 nitrogen and oxygen atoms in total. The van der Waals surface area contributed by atoms with E-state index in [1.807, 2.05) is 38.1 Å². The van der Waals surface area contributed by atoms with E-state index in [1.54, 1.807) is 12.0 Å². The zero-order valence-electron chi connectivity index (χ0n) is 15.4. The van der Waals surface area contributed by atoms with Gasteiger partial charge in [0.25, 0.3) is 0 Å². The lowest BCUT2D eigenvalue weighted by Gasteiger charge is -2.37. The molecule has 25 heavy (non-hydrogen) atoms. The number of hydrogen-bond donors (Lipinski definition) is 2. The van der Waals surface area contributed by atoms with Gasteiger partial charge in [0.1, 0.15) is 0 Å². The first-order chi connectivity index (χ1) is 12.0. The van der Waals surface area contributed by atoms with Crippen molar-refractivity contribution in [3.05, 3.63) is 35.4 Å². The van der Waals surface area contributed by atoms with Crippen molar-refractivity contribution in [3.8, 4) is 0 Å². The van der Waals surface area contributed by atoms with Gasteiger partial charge in [0.05, 0.1) is 12.5 Å². The molecule has 0 bridgehead atoms. The van der Waals surface area contributed by atoms with Crippen molar-refractivity contribution in [2.24, 2.45) is 5.92 Å². The van der Waals surface area contributed by atoms with Crippen molar-refractivity contribution in [2.45, 2.75) is 39.3 Å². The molecule has 1 aromatic carbocycles. The lowest BCUT2D eigenvalue weighted by molar-refractivity contribution is -0.126. The summed E-state index contributed by atoms with van der Waals surface area (Å²) in [7, 11) is 1.61. The summed E-state index contributed by atoms with van der Waals surface area (Å²) in [6.07, 6.45) is 1.64. The first kappa shape index (κ1) is 19.2. The summed E-state index contributed by atoms with van der Waals surface area (Å²) in [6, 6.07) is 8.04. The predicted octanol–water partition coefficient (Wildman–Crippen LogP) is 2.07. The van der Waals surface area contributed by atoms with E-state index in [4.69, 9.17) is 4.74 Å². The molecule has 0 spiro atoms. The van der Waals surface area contributed by atoms with Gasteiger partial charge in [-0.25, -0.2) is 4.79 Å². The Hall–Kier alpha value is -2.08. The van der Waals surface area contributed by atoms with Gasteiger partial charge < -0.3 is 20.3 Å². The van der Waals surface area contributed by atoms with E-state index in [0.29, 0.717) is 26.2 Å². The predicted molar refractivity (Wildman–Crippen MR) is 97.2 cm³/mol. The van der Waals surface area contributed by atoms with Gasteiger partial charge in [-0.2, -0.15) is 0 Å². The number of carbonyl (C=O) groups is 2. The number of rotatable bonds is 6. The monoisotopic (exact) mass is 347 g/mol. The van der Waals surface area contributed by atoms with Crippen LogP contribution < -0.4 is 10.6 Å². The Bertz CT molecular complexity index is 591. The molecule has 6 heteroatoms. The Morgan fingerprint density at radius 2 is 2.00 bits per heavy atom. The van der Waals surface area contributed by atoms with Gasteiger partial charge in [0.15, 0.2) is 0 Å². The summed E-state index contributed by atoms with van der Waals surface area (Å²) in [5.41, 5.74) is 2.26. The highest BCUT2D eigenvalue weighted by Crippen LogP contribution is 2.22. The van der Waals surface area contributed by atoms with Crippen LogP contribution >= 0.6 is 0 Å². The van der Waals surface area contributed by atoms with Crippen LogP contribution in [0.25, 0.3) is 0 Å². The second-order valence-corrected chi connectivity index (χ2v) is 6.64. The number of carbonyl (C=O) groups excluding carboxylic acids is 2. The van der Waals surface area contributed by atoms with Crippen molar-refractivity contribution in [3.63, 3.8) is 0 Å². The van der Waals surface area contributed by atoms with Gasteiger partial charge in [0.2, 0.25) is 5.91 Å². The first-order valence-corrected chi connectivity index (χ1v) is 8.88. The van der Waals surface area contributed by atoms with Crippen LogP contribution in [0.1, 0.15) is 30.9 Å². The molecule has 2 atom stereocenters. The van der Waals surface area contributed by atoms with Crippen LogP contribution in [0, 0.1) is 12.8 Å². The van der Waals surface area contributed by atoms with Crippen molar-refractivity contribution in [1.82, 2.24) is 15.5 Å². The van der Waals surface area contributed by atoms with E-state index >= 15 is 0 Å². The fourth-order valence-corrected chi connectivity index (χ4v) is 3.11. The Morgan fingerprint density at radius 3 is 2.72 bits per heavy atom. The summed E-state index contributed by atoms with van der Waals surface area (Å²) in [5, 5.41) is 5.86. The maximum absolute atomic E-state index is 12.6. The zero-order valence-corrected chi connectivity index (χ0v) is 15.4. The molecule has 1 saturated heterocycles. The van der Waals surface area contributed by atoms with Crippen LogP contribution in [-0.2, 0) is 16.1 Å². The van der Waals surface area contributed by atoms with E-state index < -0.39 is 0 Å². The average Bonchev–Trinajstić information content (AvgIpc) is 2.61. The number of amides is 3. The standard InChI is InChI=1S/C19H29N3O3/c1-14-6-4-5-7-16(14)12-21-19(24)22-13-17(9-8-15(22)2)18(23)20-10-11-25-3/h4-7,15,17H,8-13H2,1-3H3,(H,20,23)(H,21,24)/t15-,17-/m1/s1. The molecule has 0 aromatic heterocycles. The maximum Gasteiger partial charge on any atom is 0.317 e. The molecule has 3 amide bonds. The minimum Gasteiger partial charge on any atom is -0.383 e. The Morgan fingerprint density at radius 1 is 1.24 bits per heavy atom. The van der Waals surface area contributed by atoms with E-state index in [2.05, 4.69) is 10.6 Å². The second-order valence-electron chi connectivity index (χ2n) is 6.64. The summed E-state index contributed by atoms with van der Waals surface area (Å²) in [5.74, 6) is -0.155. The topological polar surface area (TPSA) is 70.7 Å². The Kier molecular flexibility index (Phi) is 7.25. The van der Waals surface area contributed by atoms with E-state index in [-0.39, 0.29) is 23.9 Å². The van der Waals surface area contributed by atoms with Crippen LogP contribution in [-0.4, -0.2) is 49.7 Å². The van der Waals surface area contributed by atoms with Crippen LogP contribution in [0.4, 0.5) is 4.79 Å². The normalized spacial score (nSPS) is 20.2. The van der Waals surface area contributed by atoms with Gasteiger partial charge in [-0.3, -0.25) is 4.79 Å².